The lowest BCUT2D eigenvalue weighted by Gasteiger charge is -2.42. The van der Waals surface area contributed by atoms with Crippen LogP contribution in [0.5, 0.6) is 0 Å². The molecule has 1 aliphatic heterocycles. The molecule has 1 heterocycles. The van der Waals surface area contributed by atoms with E-state index in [2.05, 4.69) is 61.6 Å². The predicted octanol–water partition coefficient (Wildman–Crippen LogP) is 3.11. The zero-order chi connectivity index (χ0) is 13.3. The zero-order valence-corrected chi connectivity index (χ0v) is 11.6. The van der Waals surface area contributed by atoms with Crippen LogP contribution in [0.4, 0.5) is 0 Å². The van der Waals surface area contributed by atoms with Gasteiger partial charge in [-0.05, 0) is 16.3 Å². The molecule has 1 N–H and O–H groups in total. The third kappa shape index (κ3) is 2.38. The maximum Gasteiger partial charge on any atom is 0.0598 e. The van der Waals surface area contributed by atoms with Gasteiger partial charge in [-0.1, -0.05) is 56.3 Å². The summed E-state index contributed by atoms with van der Waals surface area (Å²) in [4.78, 5) is 0. The fourth-order valence-corrected chi connectivity index (χ4v) is 2.64. The minimum atomic E-state index is 0.161. The van der Waals surface area contributed by atoms with Crippen LogP contribution in [0.15, 0.2) is 42.5 Å². The molecule has 0 amide bonds. The molecule has 0 saturated carbocycles. The van der Waals surface area contributed by atoms with Crippen LogP contribution in [-0.4, -0.2) is 25.8 Å². The molecule has 0 atom stereocenters. The molecule has 0 radical (unpaired) electrons. The Balaban J connectivity index is 1.92. The van der Waals surface area contributed by atoms with Crippen LogP contribution in [0.25, 0.3) is 10.8 Å². The first kappa shape index (κ1) is 12.6. The van der Waals surface area contributed by atoms with Crippen molar-refractivity contribution in [3.8, 4) is 0 Å². The number of rotatable bonds is 4. The highest BCUT2D eigenvalue weighted by Gasteiger charge is 2.40. The second kappa shape index (κ2) is 4.95. The van der Waals surface area contributed by atoms with Crippen LogP contribution >= 0.6 is 0 Å². The minimum absolute atomic E-state index is 0.161. The lowest BCUT2D eigenvalue weighted by atomic mass is 9.77. The maximum absolute atomic E-state index is 5.50. The van der Waals surface area contributed by atoms with Crippen molar-refractivity contribution in [1.29, 1.82) is 0 Å². The first-order valence-corrected chi connectivity index (χ1v) is 7.00. The van der Waals surface area contributed by atoms with Crippen LogP contribution in [0.3, 0.4) is 0 Å². The van der Waals surface area contributed by atoms with Gasteiger partial charge in [0.25, 0.3) is 0 Å². The summed E-state index contributed by atoms with van der Waals surface area (Å²) in [5, 5.41) is 6.17. The van der Waals surface area contributed by atoms with E-state index in [-0.39, 0.29) is 5.41 Å². The smallest absolute Gasteiger partial charge is 0.0598 e. The molecule has 0 unspecified atom stereocenters. The standard InChI is InChI=1S/C17H21NO/c1-13(2)18-10-17(11-19-12-17)16-8-7-14-5-3-4-6-15(14)9-16/h3-9,13,18H,10-12H2,1-2H3. The van der Waals surface area contributed by atoms with Crippen molar-refractivity contribution in [3.05, 3.63) is 48.0 Å². The molecule has 2 aromatic rings. The van der Waals surface area contributed by atoms with Gasteiger partial charge in [-0.3, -0.25) is 0 Å². The van der Waals surface area contributed by atoms with Crippen molar-refractivity contribution in [2.45, 2.75) is 25.3 Å². The van der Waals surface area contributed by atoms with E-state index in [9.17, 15) is 0 Å². The third-order valence-corrected chi connectivity index (χ3v) is 3.97. The van der Waals surface area contributed by atoms with E-state index in [0.717, 1.165) is 19.8 Å². The molecule has 0 aromatic heterocycles. The summed E-state index contributed by atoms with van der Waals surface area (Å²) in [6, 6.07) is 15.8. The van der Waals surface area contributed by atoms with Crippen LogP contribution in [0, 0.1) is 0 Å². The van der Waals surface area contributed by atoms with Gasteiger partial charge < -0.3 is 10.1 Å². The summed E-state index contributed by atoms with van der Waals surface area (Å²) < 4.78 is 5.50. The molecule has 2 aromatic carbocycles. The highest BCUT2D eigenvalue weighted by Crippen LogP contribution is 2.33. The summed E-state index contributed by atoms with van der Waals surface area (Å²) in [5.74, 6) is 0. The summed E-state index contributed by atoms with van der Waals surface area (Å²) in [5.41, 5.74) is 1.56. The van der Waals surface area contributed by atoms with Crippen LogP contribution in [0.2, 0.25) is 0 Å². The molecular weight excluding hydrogens is 234 g/mol. The summed E-state index contributed by atoms with van der Waals surface area (Å²) >= 11 is 0. The summed E-state index contributed by atoms with van der Waals surface area (Å²) in [6.07, 6.45) is 0. The Labute approximate surface area is 114 Å². The maximum atomic E-state index is 5.50. The SMILES string of the molecule is CC(C)NCC1(c2ccc3ccccc3c2)COC1. The fraction of sp³-hybridized carbons (Fsp3) is 0.412. The Morgan fingerprint density at radius 2 is 1.84 bits per heavy atom. The van der Waals surface area contributed by atoms with Crippen molar-refractivity contribution in [2.24, 2.45) is 0 Å². The monoisotopic (exact) mass is 255 g/mol. The molecular formula is C17H21NO. The molecule has 0 spiro atoms. The number of nitrogens with one attached hydrogen (secondary N) is 1. The first-order chi connectivity index (χ1) is 9.20. The largest absolute Gasteiger partial charge is 0.379 e. The van der Waals surface area contributed by atoms with Gasteiger partial charge in [-0.2, -0.15) is 0 Å². The fourth-order valence-electron chi connectivity index (χ4n) is 2.64. The normalized spacial score (nSPS) is 17.6. The summed E-state index contributed by atoms with van der Waals surface area (Å²) in [6.45, 7) is 7.01. The van der Waals surface area contributed by atoms with E-state index >= 15 is 0 Å². The molecule has 1 fully saturated rings. The Bertz CT molecular complexity index is 572. The van der Waals surface area contributed by atoms with Crippen LogP contribution < -0.4 is 5.32 Å². The number of hydrogen-bond donors (Lipinski definition) is 1. The van der Waals surface area contributed by atoms with Crippen molar-refractivity contribution < 1.29 is 4.74 Å². The predicted molar refractivity (Wildman–Crippen MR) is 79.6 cm³/mol. The summed E-state index contributed by atoms with van der Waals surface area (Å²) in [7, 11) is 0. The number of hydrogen-bond acceptors (Lipinski definition) is 2. The van der Waals surface area contributed by atoms with Gasteiger partial charge >= 0.3 is 0 Å². The van der Waals surface area contributed by atoms with Crippen LogP contribution in [0.1, 0.15) is 19.4 Å². The van der Waals surface area contributed by atoms with Crippen molar-refractivity contribution in [2.75, 3.05) is 19.8 Å². The Hall–Kier alpha value is -1.38. The average molecular weight is 255 g/mol. The Morgan fingerprint density at radius 1 is 1.11 bits per heavy atom. The topological polar surface area (TPSA) is 21.3 Å². The Morgan fingerprint density at radius 3 is 2.47 bits per heavy atom. The van der Waals surface area contributed by atoms with Gasteiger partial charge in [0.05, 0.1) is 18.6 Å². The van der Waals surface area contributed by atoms with E-state index in [1.807, 2.05) is 0 Å². The van der Waals surface area contributed by atoms with Crippen LogP contribution in [-0.2, 0) is 10.2 Å². The quantitative estimate of drug-likeness (QED) is 0.906. The highest BCUT2D eigenvalue weighted by molar-refractivity contribution is 5.83. The highest BCUT2D eigenvalue weighted by atomic mass is 16.5. The molecule has 2 nitrogen and oxygen atoms in total. The second-order valence-electron chi connectivity index (χ2n) is 5.87. The van der Waals surface area contributed by atoms with Crippen molar-refractivity contribution in [3.63, 3.8) is 0 Å². The van der Waals surface area contributed by atoms with Crippen molar-refractivity contribution in [1.82, 2.24) is 5.32 Å². The number of benzene rings is 2. The molecule has 1 aliphatic rings. The van der Waals surface area contributed by atoms with Crippen molar-refractivity contribution >= 4 is 10.8 Å². The molecule has 0 bridgehead atoms. The lowest BCUT2D eigenvalue weighted by molar-refractivity contribution is -0.0596. The van der Waals surface area contributed by atoms with Gasteiger partial charge in [0.15, 0.2) is 0 Å². The zero-order valence-electron chi connectivity index (χ0n) is 11.6. The van der Waals surface area contributed by atoms with E-state index < -0.39 is 0 Å². The first-order valence-electron chi connectivity index (χ1n) is 7.00. The molecule has 100 valence electrons. The second-order valence-corrected chi connectivity index (χ2v) is 5.87. The van der Waals surface area contributed by atoms with E-state index in [4.69, 9.17) is 4.74 Å². The molecule has 3 rings (SSSR count). The van der Waals surface area contributed by atoms with E-state index in [1.165, 1.54) is 16.3 Å². The minimum Gasteiger partial charge on any atom is -0.379 e. The van der Waals surface area contributed by atoms with Gasteiger partial charge in [-0.25, -0.2) is 0 Å². The Kier molecular flexibility index (Phi) is 3.29. The van der Waals surface area contributed by atoms with Gasteiger partial charge in [0, 0.05) is 12.6 Å². The van der Waals surface area contributed by atoms with Gasteiger partial charge in [-0.15, -0.1) is 0 Å². The molecule has 0 aliphatic carbocycles. The van der Waals surface area contributed by atoms with Gasteiger partial charge in [0.1, 0.15) is 0 Å². The molecule has 2 heteroatoms. The number of ether oxygens (including phenoxy) is 1. The van der Waals surface area contributed by atoms with E-state index in [0.29, 0.717) is 6.04 Å². The molecule has 19 heavy (non-hydrogen) atoms. The average Bonchev–Trinajstić information content (AvgIpc) is 2.37. The third-order valence-electron chi connectivity index (χ3n) is 3.97. The number of fused-ring (bicyclic) bond motifs is 1. The lowest BCUT2D eigenvalue weighted by Crippen LogP contribution is -2.54. The van der Waals surface area contributed by atoms with E-state index in [1.54, 1.807) is 0 Å². The molecule has 1 saturated heterocycles. The van der Waals surface area contributed by atoms with Gasteiger partial charge in [0.2, 0.25) is 0 Å².